The van der Waals surface area contributed by atoms with Crippen molar-refractivity contribution < 1.29 is 4.79 Å². The topological polar surface area (TPSA) is 17.1 Å². The minimum absolute atomic E-state index is 0.368. The molecule has 0 N–H and O–H groups in total. The van der Waals surface area contributed by atoms with Gasteiger partial charge in [0.1, 0.15) is 5.78 Å². The second kappa shape index (κ2) is 6.24. The summed E-state index contributed by atoms with van der Waals surface area (Å²) >= 11 is 0. The minimum atomic E-state index is 0.368. The molecule has 0 aliphatic heterocycles. The Bertz CT molecular complexity index is 299. The maximum absolute atomic E-state index is 12.1. The van der Waals surface area contributed by atoms with Gasteiger partial charge in [-0.15, -0.1) is 12.3 Å². The predicted octanol–water partition coefficient (Wildman–Crippen LogP) is 3.97. The highest BCUT2D eigenvalue weighted by molar-refractivity contribution is 5.81. The van der Waals surface area contributed by atoms with E-state index in [9.17, 15) is 4.79 Å². The van der Waals surface area contributed by atoms with Crippen molar-refractivity contribution in [2.75, 3.05) is 0 Å². The van der Waals surface area contributed by atoms with Gasteiger partial charge in [0.25, 0.3) is 0 Å². The monoisotopic (exact) mass is 232 g/mol. The zero-order chi connectivity index (χ0) is 12.1. The van der Waals surface area contributed by atoms with Crippen LogP contribution in [0.2, 0.25) is 0 Å². The maximum Gasteiger partial charge on any atom is 0.136 e. The first-order valence-corrected chi connectivity index (χ1v) is 7.27. The van der Waals surface area contributed by atoms with Gasteiger partial charge >= 0.3 is 0 Å². The quantitative estimate of drug-likeness (QED) is 0.529. The summed E-state index contributed by atoms with van der Waals surface area (Å²) in [6.07, 6.45) is 16.8. The van der Waals surface area contributed by atoms with Crippen LogP contribution in [0.4, 0.5) is 0 Å². The summed E-state index contributed by atoms with van der Waals surface area (Å²) < 4.78 is 0. The Morgan fingerprint density at radius 2 is 1.88 bits per heavy atom. The Balaban J connectivity index is 1.79. The molecule has 94 valence electrons. The molecular weight excluding hydrogens is 208 g/mol. The van der Waals surface area contributed by atoms with E-state index in [1.807, 2.05) is 0 Å². The van der Waals surface area contributed by atoms with E-state index < -0.39 is 0 Å². The van der Waals surface area contributed by atoms with Crippen molar-refractivity contribution >= 4 is 5.78 Å². The zero-order valence-electron chi connectivity index (χ0n) is 10.8. The van der Waals surface area contributed by atoms with Gasteiger partial charge in [0.05, 0.1) is 0 Å². The first-order chi connectivity index (χ1) is 8.31. The van der Waals surface area contributed by atoms with Gasteiger partial charge in [0.2, 0.25) is 0 Å². The fourth-order valence-corrected chi connectivity index (χ4v) is 3.73. The first-order valence-electron chi connectivity index (χ1n) is 7.27. The third-order valence-electron chi connectivity index (χ3n) is 4.74. The number of hydrogen-bond donors (Lipinski definition) is 0. The number of rotatable bonds is 4. The van der Waals surface area contributed by atoms with Crippen molar-refractivity contribution in [3.8, 4) is 12.3 Å². The van der Waals surface area contributed by atoms with Crippen LogP contribution in [0.15, 0.2) is 0 Å². The Morgan fingerprint density at radius 1 is 1.12 bits per heavy atom. The molecule has 0 aromatic carbocycles. The summed E-state index contributed by atoms with van der Waals surface area (Å²) in [4.78, 5) is 12.1. The number of unbranched alkanes of at least 4 members (excludes halogenated alkanes) is 1. The van der Waals surface area contributed by atoms with Crippen molar-refractivity contribution in [1.82, 2.24) is 0 Å². The molecule has 0 heterocycles. The lowest BCUT2D eigenvalue weighted by molar-refractivity contribution is -0.125. The highest BCUT2D eigenvalue weighted by Crippen LogP contribution is 2.43. The van der Waals surface area contributed by atoms with E-state index in [1.54, 1.807) is 0 Å². The molecule has 0 radical (unpaired) electrons. The number of carbonyl (C=O) groups is 1. The van der Waals surface area contributed by atoms with E-state index in [2.05, 4.69) is 5.92 Å². The van der Waals surface area contributed by atoms with Crippen molar-refractivity contribution in [3.05, 3.63) is 0 Å². The molecule has 1 heteroatoms. The molecule has 2 rings (SSSR count). The Kier molecular flexibility index (Phi) is 4.66. The summed E-state index contributed by atoms with van der Waals surface area (Å²) in [6, 6.07) is 0. The molecule has 3 unspecified atom stereocenters. The van der Waals surface area contributed by atoms with Crippen molar-refractivity contribution in [2.45, 2.75) is 64.2 Å². The number of Topliss-reactive ketones (excluding diaryl/α,β-unsaturated/α-hetero) is 1. The summed E-state index contributed by atoms with van der Waals surface area (Å²) in [5.74, 6) is 5.28. The molecule has 2 saturated carbocycles. The van der Waals surface area contributed by atoms with E-state index in [0.717, 1.165) is 31.1 Å². The summed E-state index contributed by atoms with van der Waals surface area (Å²) in [7, 11) is 0. The van der Waals surface area contributed by atoms with Crippen LogP contribution in [0.25, 0.3) is 0 Å². The largest absolute Gasteiger partial charge is 0.299 e. The predicted molar refractivity (Wildman–Crippen MR) is 70.5 cm³/mol. The molecule has 3 atom stereocenters. The molecule has 2 aliphatic carbocycles. The lowest BCUT2D eigenvalue weighted by Crippen LogP contribution is -2.31. The van der Waals surface area contributed by atoms with Gasteiger partial charge in [-0.05, 0) is 37.5 Å². The molecular formula is C16H24O. The van der Waals surface area contributed by atoms with Crippen molar-refractivity contribution in [2.24, 2.45) is 17.8 Å². The van der Waals surface area contributed by atoms with Gasteiger partial charge in [-0.25, -0.2) is 0 Å². The van der Waals surface area contributed by atoms with Crippen LogP contribution in [-0.4, -0.2) is 5.78 Å². The molecule has 2 fully saturated rings. The van der Waals surface area contributed by atoms with Crippen LogP contribution in [0.1, 0.15) is 64.2 Å². The first kappa shape index (κ1) is 12.7. The van der Waals surface area contributed by atoms with Crippen LogP contribution in [0, 0.1) is 30.1 Å². The van der Waals surface area contributed by atoms with E-state index in [1.165, 1.54) is 38.5 Å². The minimum Gasteiger partial charge on any atom is -0.299 e. The fourth-order valence-electron chi connectivity index (χ4n) is 3.73. The lowest BCUT2D eigenvalue weighted by Gasteiger charge is -2.38. The number of terminal acetylenes is 1. The van der Waals surface area contributed by atoms with Crippen LogP contribution in [0.5, 0.6) is 0 Å². The summed E-state index contributed by atoms with van der Waals surface area (Å²) in [6.45, 7) is 0. The average Bonchev–Trinajstić information content (AvgIpc) is 2.38. The molecule has 0 aromatic heterocycles. The zero-order valence-corrected chi connectivity index (χ0v) is 10.8. The van der Waals surface area contributed by atoms with Crippen molar-refractivity contribution in [1.29, 1.82) is 0 Å². The third kappa shape index (κ3) is 3.35. The van der Waals surface area contributed by atoms with Gasteiger partial charge < -0.3 is 0 Å². The normalized spacial score (nSPS) is 32.5. The third-order valence-corrected chi connectivity index (χ3v) is 4.74. The molecule has 17 heavy (non-hydrogen) atoms. The smallest absolute Gasteiger partial charge is 0.136 e. The summed E-state index contributed by atoms with van der Waals surface area (Å²) in [5, 5.41) is 0. The SMILES string of the molecule is C#CCCCC(=O)C1CCC2CCCCC2C1. The average molecular weight is 232 g/mol. The number of fused-ring (bicyclic) bond motifs is 1. The highest BCUT2D eigenvalue weighted by Gasteiger charge is 2.34. The molecule has 0 saturated heterocycles. The molecule has 0 bridgehead atoms. The second-order valence-corrected chi connectivity index (χ2v) is 5.84. The standard InChI is InChI=1S/C16H24O/c1-2-3-4-9-16(17)15-11-10-13-7-5-6-8-14(13)12-15/h1,13-15H,3-12H2. The molecule has 0 amide bonds. The molecule has 1 nitrogen and oxygen atoms in total. The molecule has 0 spiro atoms. The Morgan fingerprint density at radius 3 is 2.65 bits per heavy atom. The van der Waals surface area contributed by atoms with E-state index in [0.29, 0.717) is 18.1 Å². The van der Waals surface area contributed by atoms with Crippen molar-refractivity contribution in [3.63, 3.8) is 0 Å². The summed E-state index contributed by atoms with van der Waals surface area (Å²) in [5.41, 5.74) is 0. The van der Waals surface area contributed by atoms with E-state index in [4.69, 9.17) is 6.42 Å². The van der Waals surface area contributed by atoms with Gasteiger partial charge in [0.15, 0.2) is 0 Å². The fraction of sp³-hybridized carbons (Fsp3) is 0.812. The van der Waals surface area contributed by atoms with Crippen LogP contribution < -0.4 is 0 Å². The Hall–Kier alpha value is -0.770. The number of hydrogen-bond acceptors (Lipinski definition) is 1. The van der Waals surface area contributed by atoms with E-state index >= 15 is 0 Å². The van der Waals surface area contributed by atoms with Gasteiger partial charge in [0, 0.05) is 18.8 Å². The Labute approximate surface area is 105 Å². The maximum atomic E-state index is 12.1. The molecule has 2 aliphatic rings. The van der Waals surface area contributed by atoms with Gasteiger partial charge in [-0.1, -0.05) is 25.7 Å². The molecule has 0 aromatic rings. The highest BCUT2D eigenvalue weighted by atomic mass is 16.1. The second-order valence-electron chi connectivity index (χ2n) is 5.84. The van der Waals surface area contributed by atoms with Gasteiger partial charge in [-0.2, -0.15) is 0 Å². The van der Waals surface area contributed by atoms with Crippen LogP contribution >= 0.6 is 0 Å². The lowest BCUT2D eigenvalue weighted by atomic mass is 9.66. The number of ketones is 1. The number of carbonyl (C=O) groups excluding carboxylic acids is 1. The van der Waals surface area contributed by atoms with Gasteiger partial charge in [-0.3, -0.25) is 4.79 Å². The van der Waals surface area contributed by atoms with Crippen LogP contribution in [0.3, 0.4) is 0 Å². The van der Waals surface area contributed by atoms with E-state index in [-0.39, 0.29) is 0 Å². The van der Waals surface area contributed by atoms with Crippen LogP contribution in [-0.2, 0) is 4.79 Å².